The molecule has 0 bridgehead atoms. The van der Waals surface area contributed by atoms with Crippen LogP contribution in [0.4, 0.5) is 5.00 Å². The van der Waals surface area contributed by atoms with Crippen LogP contribution >= 0.6 is 11.3 Å². The Balaban J connectivity index is 2.23. The lowest BCUT2D eigenvalue weighted by Gasteiger charge is -2.12. The first-order valence-corrected chi connectivity index (χ1v) is 9.51. The zero-order valence-corrected chi connectivity index (χ0v) is 16.0. The maximum Gasteiger partial charge on any atom is 0.348 e. The van der Waals surface area contributed by atoms with Crippen LogP contribution in [0.2, 0.25) is 0 Å². The lowest BCUT2D eigenvalue weighted by molar-refractivity contribution is -0.878. The number of rotatable bonds is 8. The molecule has 1 fully saturated rings. The van der Waals surface area contributed by atoms with E-state index in [9.17, 15) is 14.4 Å². The highest BCUT2D eigenvalue weighted by Crippen LogP contribution is 2.34. The van der Waals surface area contributed by atoms with Crippen LogP contribution in [-0.2, 0) is 14.3 Å². The predicted octanol–water partition coefficient (Wildman–Crippen LogP) is 1.19. The summed E-state index contributed by atoms with van der Waals surface area (Å²) in [4.78, 5) is 38.4. The van der Waals surface area contributed by atoms with Gasteiger partial charge in [-0.05, 0) is 19.4 Å². The Morgan fingerprint density at radius 3 is 2.54 bits per heavy atom. The van der Waals surface area contributed by atoms with Crippen molar-refractivity contribution >= 4 is 34.2 Å². The maximum atomic E-state index is 12.4. The van der Waals surface area contributed by atoms with Gasteiger partial charge >= 0.3 is 11.9 Å². The van der Waals surface area contributed by atoms with Gasteiger partial charge in [0.1, 0.15) is 16.5 Å². The van der Waals surface area contributed by atoms with Gasteiger partial charge in [0.05, 0.1) is 25.3 Å². The minimum atomic E-state index is -0.562. The highest BCUT2D eigenvalue weighted by Gasteiger charge is 2.28. The van der Waals surface area contributed by atoms with Gasteiger partial charge < -0.3 is 19.7 Å². The lowest BCUT2D eigenvalue weighted by Crippen LogP contribution is -3.11. The Morgan fingerprint density at radius 2 is 1.92 bits per heavy atom. The van der Waals surface area contributed by atoms with E-state index in [-0.39, 0.29) is 29.6 Å². The summed E-state index contributed by atoms with van der Waals surface area (Å²) in [5.41, 5.74) is 0.665. The molecule has 1 amide bonds. The summed E-state index contributed by atoms with van der Waals surface area (Å²) >= 11 is 1.03. The van der Waals surface area contributed by atoms with Crippen LogP contribution in [0.1, 0.15) is 45.4 Å². The summed E-state index contributed by atoms with van der Waals surface area (Å²) in [6.07, 6.45) is 3.71. The molecule has 0 spiro atoms. The van der Waals surface area contributed by atoms with E-state index >= 15 is 0 Å². The Hall–Kier alpha value is -2.19. The summed E-state index contributed by atoms with van der Waals surface area (Å²) < 4.78 is 10.1. The van der Waals surface area contributed by atoms with Crippen molar-refractivity contribution in [2.24, 2.45) is 0 Å². The lowest BCUT2D eigenvalue weighted by atomic mass is 10.1. The molecule has 1 aliphatic rings. The van der Waals surface area contributed by atoms with Crippen molar-refractivity contribution in [1.82, 2.24) is 0 Å². The average Bonchev–Trinajstić information content (AvgIpc) is 3.20. The van der Waals surface area contributed by atoms with E-state index in [1.807, 2.05) is 0 Å². The zero-order valence-electron chi connectivity index (χ0n) is 15.2. The molecule has 0 aliphatic carbocycles. The van der Waals surface area contributed by atoms with Gasteiger partial charge in [0.25, 0.3) is 5.91 Å². The second-order valence-corrected chi connectivity index (χ2v) is 7.07. The van der Waals surface area contributed by atoms with Crippen LogP contribution < -0.4 is 10.2 Å². The molecule has 8 heteroatoms. The quantitative estimate of drug-likeness (QED) is 0.522. The third-order valence-electron chi connectivity index (χ3n) is 4.12. The smallest absolute Gasteiger partial charge is 0.348 e. The van der Waals surface area contributed by atoms with Crippen LogP contribution in [0.3, 0.4) is 0 Å². The monoisotopic (exact) mass is 381 g/mol. The van der Waals surface area contributed by atoms with Crippen LogP contribution in [0.5, 0.6) is 0 Å². The maximum absolute atomic E-state index is 12.4. The molecular formula is C18H25N2O5S+. The summed E-state index contributed by atoms with van der Waals surface area (Å²) in [5, 5.41) is 3.11. The Morgan fingerprint density at radius 1 is 1.23 bits per heavy atom. The second kappa shape index (κ2) is 9.49. The van der Waals surface area contributed by atoms with E-state index in [1.165, 1.54) is 11.0 Å². The van der Waals surface area contributed by atoms with Gasteiger partial charge in [0, 0.05) is 12.8 Å². The molecule has 0 radical (unpaired) electrons. The van der Waals surface area contributed by atoms with Crippen molar-refractivity contribution in [3.8, 4) is 0 Å². The van der Waals surface area contributed by atoms with Crippen LogP contribution in [0.25, 0.3) is 0 Å². The fourth-order valence-electron chi connectivity index (χ4n) is 2.90. The van der Waals surface area contributed by atoms with Gasteiger partial charge in [0.15, 0.2) is 6.54 Å². The fraction of sp³-hybridized carbons (Fsp3) is 0.500. The van der Waals surface area contributed by atoms with E-state index in [4.69, 9.17) is 9.47 Å². The van der Waals surface area contributed by atoms with Crippen molar-refractivity contribution in [2.75, 3.05) is 38.2 Å². The van der Waals surface area contributed by atoms with Crippen molar-refractivity contribution in [3.05, 3.63) is 28.7 Å². The molecular weight excluding hydrogens is 356 g/mol. The number of anilines is 1. The topological polar surface area (TPSA) is 86.1 Å². The second-order valence-electron chi connectivity index (χ2n) is 6.05. The first-order valence-electron chi connectivity index (χ1n) is 8.69. The first kappa shape index (κ1) is 20.1. The van der Waals surface area contributed by atoms with Crippen LogP contribution in [-0.4, -0.2) is 50.7 Å². The van der Waals surface area contributed by atoms with E-state index in [0.717, 1.165) is 37.3 Å². The Bertz CT molecular complexity index is 692. The standard InChI is InChI=1S/C18H24N2O5S/c1-4-10-25-18(23)15-12(3)14(17(22)24-5-2)16(26-15)19-13(21)11-20-8-6-7-9-20/h4H,1,5-11H2,2-3H3,(H,19,21)/p+1. The molecule has 2 rings (SSSR count). The van der Waals surface area contributed by atoms with Gasteiger partial charge in [-0.25, -0.2) is 9.59 Å². The molecule has 0 saturated carbocycles. The van der Waals surface area contributed by atoms with E-state index in [0.29, 0.717) is 17.1 Å². The molecule has 26 heavy (non-hydrogen) atoms. The minimum Gasteiger partial charge on any atom is -0.462 e. The third-order valence-corrected chi connectivity index (χ3v) is 5.31. The molecule has 2 N–H and O–H groups in total. The zero-order chi connectivity index (χ0) is 19.1. The molecule has 0 aromatic carbocycles. The Kier molecular flexibility index (Phi) is 7.35. The number of carbonyl (C=O) groups excluding carboxylic acids is 3. The van der Waals surface area contributed by atoms with Crippen LogP contribution in [0, 0.1) is 6.92 Å². The number of hydrogen-bond acceptors (Lipinski definition) is 6. The number of carbonyl (C=O) groups is 3. The third kappa shape index (κ3) is 4.92. The van der Waals surface area contributed by atoms with Crippen molar-refractivity contribution in [2.45, 2.75) is 26.7 Å². The average molecular weight is 381 g/mol. The van der Waals surface area contributed by atoms with E-state index in [1.54, 1.807) is 13.8 Å². The van der Waals surface area contributed by atoms with Crippen LogP contribution in [0.15, 0.2) is 12.7 Å². The largest absolute Gasteiger partial charge is 0.462 e. The van der Waals surface area contributed by atoms with Gasteiger partial charge in [-0.15, -0.1) is 11.3 Å². The number of hydrogen-bond donors (Lipinski definition) is 2. The van der Waals surface area contributed by atoms with Crippen molar-refractivity contribution in [3.63, 3.8) is 0 Å². The number of esters is 2. The molecule has 0 atom stereocenters. The highest BCUT2D eigenvalue weighted by atomic mass is 32.1. The number of likely N-dealkylation sites (tertiary alicyclic amines) is 1. The van der Waals surface area contributed by atoms with Gasteiger partial charge in [-0.1, -0.05) is 12.7 Å². The number of ether oxygens (including phenoxy) is 2. The summed E-state index contributed by atoms with van der Waals surface area (Å²) in [6.45, 7) is 9.42. The molecule has 7 nitrogen and oxygen atoms in total. The molecule has 0 unspecified atom stereocenters. The van der Waals surface area contributed by atoms with E-state index < -0.39 is 11.9 Å². The molecule has 1 aromatic heterocycles. The SMILES string of the molecule is C=CCOC(=O)c1sc(NC(=O)C[NH+]2CCCC2)c(C(=O)OCC)c1C. The van der Waals surface area contributed by atoms with Gasteiger partial charge in [-0.2, -0.15) is 0 Å². The van der Waals surface area contributed by atoms with Gasteiger partial charge in [0.2, 0.25) is 0 Å². The molecule has 1 saturated heterocycles. The van der Waals surface area contributed by atoms with E-state index in [2.05, 4.69) is 11.9 Å². The summed E-state index contributed by atoms with van der Waals surface area (Å²) in [6, 6.07) is 0. The first-order chi connectivity index (χ1) is 12.5. The fourth-order valence-corrected chi connectivity index (χ4v) is 4.00. The molecule has 1 aliphatic heterocycles. The molecule has 142 valence electrons. The Labute approximate surface area is 157 Å². The minimum absolute atomic E-state index is 0.0743. The number of amides is 1. The summed E-state index contributed by atoms with van der Waals surface area (Å²) in [7, 11) is 0. The number of quaternary nitrogens is 1. The molecule has 2 heterocycles. The molecule has 1 aromatic rings. The summed E-state index contributed by atoms with van der Waals surface area (Å²) in [5.74, 6) is -1.30. The highest BCUT2D eigenvalue weighted by molar-refractivity contribution is 7.18. The van der Waals surface area contributed by atoms with Crippen molar-refractivity contribution < 1.29 is 28.8 Å². The number of thiophene rings is 1. The van der Waals surface area contributed by atoms with Gasteiger partial charge in [-0.3, -0.25) is 4.79 Å². The van der Waals surface area contributed by atoms with Crippen molar-refractivity contribution in [1.29, 1.82) is 0 Å². The predicted molar refractivity (Wildman–Crippen MR) is 98.9 cm³/mol. The number of nitrogens with one attached hydrogen (secondary N) is 2. The normalized spacial score (nSPS) is 14.1.